The predicted molar refractivity (Wildman–Crippen MR) is 170 cm³/mol. The number of ketones is 1. The Bertz CT molecular complexity index is 1800. The molecule has 3 aromatic rings. The molecule has 43 heavy (non-hydrogen) atoms. The van der Waals surface area contributed by atoms with Crippen LogP contribution in [0.2, 0.25) is 0 Å². The third-order valence-electron chi connectivity index (χ3n) is 9.18. The summed E-state index contributed by atoms with van der Waals surface area (Å²) in [6, 6.07) is 18.9. The van der Waals surface area contributed by atoms with Gasteiger partial charge in [-0.15, -0.1) is 5.47 Å². The Labute approximate surface area is 252 Å². The molecule has 1 aliphatic heterocycles. The zero-order valence-electron chi connectivity index (χ0n) is 23.9. The van der Waals surface area contributed by atoms with Crippen LogP contribution in [0.25, 0.3) is 16.3 Å². The molecule has 0 bridgehead atoms. The zero-order chi connectivity index (χ0) is 29.5. The Morgan fingerprint density at radius 3 is 2.70 bits per heavy atom. The Morgan fingerprint density at radius 2 is 1.81 bits per heavy atom. The van der Waals surface area contributed by atoms with Crippen LogP contribution in [0.5, 0.6) is 0 Å². The quantitative estimate of drug-likeness (QED) is 0.214. The molecule has 3 aromatic carbocycles. The average molecular weight is 566 g/mol. The normalized spacial score (nSPS) is 23.0. The van der Waals surface area contributed by atoms with Crippen LogP contribution in [0.4, 0.5) is 4.39 Å². The summed E-state index contributed by atoms with van der Waals surface area (Å²) < 4.78 is 14.5. The monoisotopic (exact) mass is 566 g/mol. The van der Waals surface area contributed by atoms with E-state index in [1.54, 1.807) is 24.3 Å². The van der Waals surface area contributed by atoms with E-state index in [9.17, 15) is 14.0 Å². The van der Waals surface area contributed by atoms with Crippen LogP contribution in [-0.4, -0.2) is 37.5 Å². The number of benzene rings is 3. The first-order chi connectivity index (χ1) is 21.0. The molecule has 0 spiro atoms. The molecule has 4 aliphatic rings. The number of nitrogens with zero attached hydrogens (tertiary/aromatic N) is 1. The van der Waals surface area contributed by atoms with Crippen LogP contribution in [0.3, 0.4) is 0 Å². The molecule has 0 saturated heterocycles. The lowest BCUT2D eigenvalue weighted by Gasteiger charge is -2.34. The predicted octanol–water partition coefficient (Wildman–Crippen LogP) is 6.66. The number of carbonyl (C=O) groups excluding carboxylic acids is 2. The number of nitrogens with one attached hydrogen (secondary N) is 1. The smallest absolute Gasteiger partial charge is 0.238 e. The van der Waals surface area contributed by atoms with Gasteiger partial charge in [-0.3, -0.25) is 14.5 Å². The first-order valence-corrected chi connectivity index (χ1v) is 15.0. The van der Waals surface area contributed by atoms with Gasteiger partial charge in [-0.05, 0) is 76.4 Å². The number of amides is 1. The fourth-order valence-corrected chi connectivity index (χ4v) is 7.19. The van der Waals surface area contributed by atoms with Crippen LogP contribution in [0.1, 0.15) is 40.7 Å². The molecule has 3 aliphatic carbocycles. The number of Topliss-reactive ketones (excluding diaryl/α,β-unsaturated/α-hetero) is 1. The fraction of sp³-hybridized carbons (Fsp3) is 0.243. The summed E-state index contributed by atoms with van der Waals surface area (Å²) in [6.07, 6.45) is 15.0. The summed E-state index contributed by atoms with van der Waals surface area (Å²) in [5, 5.41) is 5.47. The van der Waals surface area contributed by atoms with Gasteiger partial charge < -0.3 is 5.32 Å². The third kappa shape index (κ3) is 5.25. The molecular weight excluding hydrogens is 534 g/mol. The minimum absolute atomic E-state index is 0.00175. The van der Waals surface area contributed by atoms with E-state index in [1.165, 1.54) is 45.2 Å². The number of halogens is 1. The van der Waals surface area contributed by atoms with Crippen molar-refractivity contribution in [3.05, 3.63) is 136 Å². The second-order valence-corrected chi connectivity index (χ2v) is 12.0. The molecule has 7 rings (SSSR count). The molecule has 3 unspecified atom stereocenters. The van der Waals surface area contributed by atoms with Gasteiger partial charge in [-0.1, -0.05) is 78.9 Å². The molecule has 1 amide bonds. The van der Waals surface area contributed by atoms with Crippen molar-refractivity contribution in [2.75, 3.05) is 13.1 Å². The largest absolute Gasteiger partial charge is 0.328 e. The van der Waals surface area contributed by atoms with E-state index in [1.807, 2.05) is 0 Å². The number of carbonyl (C=O) groups is 2. The van der Waals surface area contributed by atoms with Crippen molar-refractivity contribution in [1.29, 1.82) is 0 Å². The highest BCUT2D eigenvalue weighted by atomic mass is 19.1. The van der Waals surface area contributed by atoms with Crippen molar-refractivity contribution in [3.63, 3.8) is 0 Å². The Morgan fingerprint density at radius 1 is 0.977 bits per heavy atom. The van der Waals surface area contributed by atoms with Crippen LogP contribution in [-0.2, 0) is 11.3 Å². The van der Waals surface area contributed by atoms with Crippen LogP contribution in [0.15, 0.2) is 114 Å². The molecule has 0 saturated carbocycles. The van der Waals surface area contributed by atoms with E-state index < -0.39 is 17.5 Å². The number of hydrogen-bond acceptors (Lipinski definition) is 3. The van der Waals surface area contributed by atoms with Gasteiger partial charge >= 0.3 is 0 Å². The SMILES string of the molecule is [B]C1=CC=C(NC(=O)CN2CC3=C(c4c(ccc5ccccc45)C2)C2CCC=CC2C=C3)C(C(=O)c2ccccc2F)C1. The number of fused-ring (bicyclic) bond motifs is 6. The highest BCUT2D eigenvalue weighted by Gasteiger charge is 2.34. The average Bonchev–Trinajstić information content (AvgIpc) is 3.18. The van der Waals surface area contributed by atoms with Gasteiger partial charge in [0.15, 0.2) is 5.78 Å². The first-order valence-electron chi connectivity index (χ1n) is 15.0. The zero-order valence-corrected chi connectivity index (χ0v) is 23.9. The molecule has 1 N–H and O–H groups in total. The molecule has 1 heterocycles. The highest BCUT2D eigenvalue weighted by molar-refractivity contribution is 6.22. The van der Waals surface area contributed by atoms with Crippen LogP contribution in [0, 0.1) is 23.6 Å². The summed E-state index contributed by atoms with van der Waals surface area (Å²) in [7, 11) is 6.07. The Hall–Kier alpha value is -4.29. The van der Waals surface area contributed by atoms with Crippen molar-refractivity contribution >= 4 is 35.9 Å². The standard InChI is InChI=1S/C37H32BFN2O2/c38-27-17-18-33(31(19-27)37(43)30-11-5-6-12-32(30)39)40-34(42)22-41-20-25-15-13-23-7-1-3-9-28(23)35(25)36-26(21-41)16-14-24-8-2-4-10-29(24)36/h1-3,5-9,11-18,24,29,31H,4,10,19-22H2,(H,40,42). The summed E-state index contributed by atoms with van der Waals surface area (Å²) in [5.74, 6) is -1.14. The maximum atomic E-state index is 14.5. The van der Waals surface area contributed by atoms with Crippen molar-refractivity contribution in [2.24, 2.45) is 17.8 Å². The van der Waals surface area contributed by atoms with Gasteiger partial charge in [0.2, 0.25) is 5.91 Å². The van der Waals surface area contributed by atoms with Crippen molar-refractivity contribution < 1.29 is 14.0 Å². The highest BCUT2D eigenvalue weighted by Crippen LogP contribution is 2.47. The van der Waals surface area contributed by atoms with Crippen molar-refractivity contribution in [3.8, 4) is 0 Å². The number of hydrogen-bond donors (Lipinski definition) is 1. The van der Waals surface area contributed by atoms with E-state index >= 15 is 0 Å². The van der Waals surface area contributed by atoms with E-state index in [4.69, 9.17) is 7.85 Å². The molecule has 0 fully saturated rings. The van der Waals surface area contributed by atoms with Crippen molar-refractivity contribution in [2.45, 2.75) is 25.8 Å². The Balaban J connectivity index is 1.18. The van der Waals surface area contributed by atoms with Gasteiger partial charge in [-0.25, -0.2) is 4.39 Å². The lowest BCUT2D eigenvalue weighted by molar-refractivity contribution is -0.121. The molecule has 3 atom stereocenters. The summed E-state index contributed by atoms with van der Waals surface area (Å²) in [5.41, 5.74) is 6.18. The molecule has 2 radical (unpaired) electrons. The Kier molecular flexibility index (Phi) is 7.32. The van der Waals surface area contributed by atoms with Crippen LogP contribution >= 0.6 is 0 Å². The maximum absolute atomic E-state index is 14.5. The summed E-state index contributed by atoms with van der Waals surface area (Å²) in [4.78, 5) is 29.1. The lowest BCUT2D eigenvalue weighted by atomic mass is 9.71. The molecule has 4 nitrogen and oxygen atoms in total. The summed E-state index contributed by atoms with van der Waals surface area (Å²) in [6.45, 7) is 1.44. The lowest BCUT2D eigenvalue weighted by Crippen LogP contribution is -2.40. The number of rotatable bonds is 5. The van der Waals surface area contributed by atoms with Gasteiger partial charge in [-0.2, -0.15) is 0 Å². The minimum Gasteiger partial charge on any atom is -0.328 e. The van der Waals surface area contributed by atoms with Crippen LogP contribution < -0.4 is 5.32 Å². The van der Waals surface area contributed by atoms with Gasteiger partial charge in [0, 0.05) is 24.7 Å². The minimum atomic E-state index is -0.756. The molecule has 0 aromatic heterocycles. The van der Waals surface area contributed by atoms with E-state index in [0.29, 0.717) is 36.1 Å². The summed E-state index contributed by atoms with van der Waals surface area (Å²) >= 11 is 0. The van der Waals surface area contributed by atoms with E-state index in [0.717, 1.165) is 12.8 Å². The van der Waals surface area contributed by atoms with Gasteiger partial charge in [0.05, 0.1) is 18.0 Å². The van der Waals surface area contributed by atoms with E-state index in [2.05, 4.69) is 70.9 Å². The molecule has 212 valence electrons. The third-order valence-corrected chi connectivity index (χ3v) is 9.18. The van der Waals surface area contributed by atoms with Gasteiger partial charge in [0.1, 0.15) is 13.7 Å². The topological polar surface area (TPSA) is 49.4 Å². The second kappa shape index (κ2) is 11.4. The maximum Gasteiger partial charge on any atom is 0.238 e. The fourth-order valence-electron chi connectivity index (χ4n) is 7.19. The van der Waals surface area contributed by atoms with Gasteiger partial charge in [0.25, 0.3) is 0 Å². The van der Waals surface area contributed by atoms with Crippen molar-refractivity contribution in [1.82, 2.24) is 10.2 Å². The molecular formula is C37H32BFN2O2. The van der Waals surface area contributed by atoms with E-state index in [-0.39, 0.29) is 24.4 Å². The number of allylic oxidation sites excluding steroid dienone is 8. The first kappa shape index (κ1) is 27.5. The molecule has 6 heteroatoms. The second-order valence-electron chi connectivity index (χ2n) is 12.0.